The highest BCUT2D eigenvalue weighted by Crippen LogP contribution is 2.21. The highest BCUT2D eigenvalue weighted by molar-refractivity contribution is 7.89. The molecule has 0 atom stereocenters. The molecule has 0 unspecified atom stereocenters. The Labute approximate surface area is 112 Å². The van der Waals surface area contributed by atoms with E-state index in [1.54, 1.807) is 4.31 Å². The van der Waals surface area contributed by atoms with Gasteiger partial charge in [0, 0.05) is 19.1 Å². The highest BCUT2D eigenvalue weighted by Gasteiger charge is 2.31. The summed E-state index contributed by atoms with van der Waals surface area (Å²) >= 11 is 0. The normalized spacial score (nSPS) is 20.2. The summed E-state index contributed by atoms with van der Waals surface area (Å²) in [5.74, 6) is 0.243. The molecule has 0 bridgehead atoms. The van der Waals surface area contributed by atoms with Gasteiger partial charge in [0.15, 0.2) is 0 Å². The van der Waals surface area contributed by atoms with Crippen LogP contribution >= 0.6 is 0 Å². The summed E-state index contributed by atoms with van der Waals surface area (Å²) in [6.45, 7) is 10.4. The molecule has 0 amide bonds. The first-order chi connectivity index (χ1) is 8.24. The van der Waals surface area contributed by atoms with Gasteiger partial charge < -0.3 is 5.32 Å². The quantitative estimate of drug-likeness (QED) is 0.833. The molecule has 18 heavy (non-hydrogen) atoms. The summed E-state index contributed by atoms with van der Waals surface area (Å²) in [5, 5.41) is 3.47. The number of piperidine rings is 1. The number of nitrogens with one attached hydrogen (secondary N) is 1. The maximum Gasteiger partial charge on any atom is 0.214 e. The standard InChI is InChI=1S/C13H28N2O2S/c1-5-8-14-12-6-9-15(10-7-12)18(16,17)11-13(2,3)4/h12,14H,5-11H2,1-4H3. The summed E-state index contributed by atoms with van der Waals surface area (Å²) in [6.07, 6.45) is 3.00. The largest absolute Gasteiger partial charge is 0.314 e. The van der Waals surface area contributed by atoms with Gasteiger partial charge in [0.2, 0.25) is 10.0 Å². The number of nitrogens with zero attached hydrogens (tertiary/aromatic N) is 1. The van der Waals surface area contributed by atoms with Crippen LogP contribution in [0.25, 0.3) is 0 Å². The Bertz CT molecular complexity index is 338. The molecule has 0 aromatic carbocycles. The van der Waals surface area contributed by atoms with Crippen LogP contribution in [-0.4, -0.2) is 44.2 Å². The van der Waals surface area contributed by atoms with Gasteiger partial charge >= 0.3 is 0 Å². The Morgan fingerprint density at radius 2 is 1.78 bits per heavy atom. The van der Waals surface area contributed by atoms with E-state index in [1.807, 2.05) is 20.8 Å². The minimum atomic E-state index is -3.08. The molecule has 1 aliphatic rings. The Hall–Kier alpha value is -0.130. The van der Waals surface area contributed by atoms with Crippen molar-refractivity contribution in [3.63, 3.8) is 0 Å². The topological polar surface area (TPSA) is 49.4 Å². The summed E-state index contributed by atoms with van der Waals surface area (Å²) in [7, 11) is -3.08. The summed E-state index contributed by atoms with van der Waals surface area (Å²) in [6, 6.07) is 0.492. The number of hydrogen-bond donors (Lipinski definition) is 1. The van der Waals surface area contributed by atoms with Crippen LogP contribution < -0.4 is 5.32 Å². The molecule has 1 fully saturated rings. The molecule has 5 heteroatoms. The predicted octanol–water partition coefficient (Wildman–Crippen LogP) is 1.83. The van der Waals surface area contributed by atoms with Gasteiger partial charge in [0.1, 0.15) is 0 Å². The van der Waals surface area contributed by atoms with Gasteiger partial charge in [-0.1, -0.05) is 27.7 Å². The van der Waals surface area contributed by atoms with Crippen LogP contribution in [0.2, 0.25) is 0 Å². The monoisotopic (exact) mass is 276 g/mol. The fourth-order valence-corrected chi connectivity index (χ4v) is 4.37. The van der Waals surface area contributed by atoms with E-state index < -0.39 is 10.0 Å². The average Bonchev–Trinajstić information content (AvgIpc) is 2.23. The zero-order valence-corrected chi connectivity index (χ0v) is 13.0. The number of rotatable bonds is 5. The van der Waals surface area contributed by atoms with E-state index in [0.29, 0.717) is 19.1 Å². The highest BCUT2D eigenvalue weighted by atomic mass is 32.2. The molecule has 1 aliphatic heterocycles. The fraction of sp³-hybridized carbons (Fsp3) is 1.00. The second-order valence-corrected chi connectivity index (χ2v) is 8.41. The third kappa shape index (κ3) is 5.24. The third-order valence-electron chi connectivity index (χ3n) is 3.15. The Morgan fingerprint density at radius 1 is 1.22 bits per heavy atom. The summed E-state index contributed by atoms with van der Waals surface area (Å²) in [4.78, 5) is 0. The van der Waals surface area contributed by atoms with Crippen molar-refractivity contribution < 1.29 is 8.42 Å². The van der Waals surface area contributed by atoms with Gasteiger partial charge in [0.05, 0.1) is 5.75 Å². The van der Waals surface area contributed by atoms with Crippen LogP contribution in [0.15, 0.2) is 0 Å². The van der Waals surface area contributed by atoms with Crippen LogP contribution in [0, 0.1) is 5.41 Å². The first-order valence-electron chi connectivity index (χ1n) is 6.96. The van der Waals surface area contributed by atoms with E-state index in [-0.39, 0.29) is 11.2 Å². The summed E-state index contributed by atoms with van der Waals surface area (Å²) in [5.41, 5.74) is -0.170. The average molecular weight is 276 g/mol. The molecule has 1 rings (SSSR count). The molecular weight excluding hydrogens is 248 g/mol. The van der Waals surface area contributed by atoms with Gasteiger partial charge in [-0.25, -0.2) is 12.7 Å². The van der Waals surface area contributed by atoms with Crippen LogP contribution in [-0.2, 0) is 10.0 Å². The Balaban J connectivity index is 2.47. The molecule has 0 aromatic rings. The Morgan fingerprint density at radius 3 is 2.22 bits per heavy atom. The van der Waals surface area contributed by atoms with Crippen molar-refractivity contribution in [2.75, 3.05) is 25.4 Å². The van der Waals surface area contributed by atoms with E-state index in [0.717, 1.165) is 25.8 Å². The van der Waals surface area contributed by atoms with Crippen molar-refractivity contribution in [2.45, 2.75) is 53.0 Å². The molecule has 1 heterocycles. The second kappa shape index (κ2) is 6.35. The zero-order chi connectivity index (χ0) is 13.8. The molecule has 0 aliphatic carbocycles. The first kappa shape index (κ1) is 15.9. The van der Waals surface area contributed by atoms with Gasteiger partial charge in [0.25, 0.3) is 0 Å². The zero-order valence-electron chi connectivity index (χ0n) is 12.2. The third-order valence-corrected chi connectivity index (χ3v) is 5.53. The number of sulfonamides is 1. The minimum Gasteiger partial charge on any atom is -0.314 e. The molecule has 0 radical (unpaired) electrons. The van der Waals surface area contributed by atoms with Crippen LogP contribution in [0.5, 0.6) is 0 Å². The molecule has 0 aromatic heterocycles. The SMILES string of the molecule is CCCNC1CCN(S(=O)(=O)CC(C)(C)C)CC1. The van der Waals surface area contributed by atoms with E-state index >= 15 is 0 Å². The molecule has 1 N–H and O–H groups in total. The lowest BCUT2D eigenvalue weighted by Crippen LogP contribution is -2.46. The van der Waals surface area contributed by atoms with Crippen molar-refractivity contribution in [2.24, 2.45) is 5.41 Å². The van der Waals surface area contributed by atoms with E-state index in [9.17, 15) is 8.42 Å². The van der Waals surface area contributed by atoms with Crippen molar-refractivity contribution >= 4 is 10.0 Å². The lowest BCUT2D eigenvalue weighted by Gasteiger charge is -2.33. The van der Waals surface area contributed by atoms with Crippen LogP contribution in [0.3, 0.4) is 0 Å². The van der Waals surface area contributed by atoms with Crippen molar-refractivity contribution in [1.29, 1.82) is 0 Å². The Kier molecular flexibility index (Phi) is 5.62. The maximum atomic E-state index is 12.2. The fourth-order valence-electron chi connectivity index (χ4n) is 2.33. The summed E-state index contributed by atoms with van der Waals surface area (Å²) < 4.78 is 26.1. The lowest BCUT2D eigenvalue weighted by atomic mass is 10.0. The molecule has 0 saturated carbocycles. The first-order valence-corrected chi connectivity index (χ1v) is 8.57. The lowest BCUT2D eigenvalue weighted by molar-refractivity contribution is 0.286. The van der Waals surface area contributed by atoms with Gasteiger partial charge in [-0.3, -0.25) is 0 Å². The van der Waals surface area contributed by atoms with E-state index in [2.05, 4.69) is 12.2 Å². The molecule has 108 valence electrons. The van der Waals surface area contributed by atoms with E-state index in [1.165, 1.54) is 0 Å². The van der Waals surface area contributed by atoms with Crippen molar-refractivity contribution in [3.8, 4) is 0 Å². The van der Waals surface area contributed by atoms with E-state index in [4.69, 9.17) is 0 Å². The van der Waals surface area contributed by atoms with Gasteiger partial charge in [-0.2, -0.15) is 0 Å². The van der Waals surface area contributed by atoms with Gasteiger partial charge in [-0.05, 0) is 31.2 Å². The van der Waals surface area contributed by atoms with Crippen molar-refractivity contribution in [3.05, 3.63) is 0 Å². The van der Waals surface area contributed by atoms with Crippen LogP contribution in [0.1, 0.15) is 47.0 Å². The van der Waals surface area contributed by atoms with Crippen LogP contribution in [0.4, 0.5) is 0 Å². The molecule has 0 spiro atoms. The number of hydrogen-bond acceptors (Lipinski definition) is 3. The smallest absolute Gasteiger partial charge is 0.214 e. The minimum absolute atomic E-state index is 0.170. The maximum absolute atomic E-state index is 12.2. The molecule has 4 nitrogen and oxygen atoms in total. The molecule has 1 saturated heterocycles. The predicted molar refractivity (Wildman–Crippen MR) is 76.1 cm³/mol. The van der Waals surface area contributed by atoms with Crippen molar-refractivity contribution in [1.82, 2.24) is 9.62 Å². The second-order valence-electron chi connectivity index (χ2n) is 6.44. The molecular formula is C13H28N2O2S. The van der Waals surface area contributed by atoms with Gasteiger partial charge in [-0.15, -0.1) is 0 Å².